The summed E-state index contributed by atoms with van der Waals surface area (Å²) in [7, 11) is -3.33. The van der Waals surface area contributed by atoms with Crippen LogP contribution in [0.5, 0.6) is 0 Å². The van der Waals surface area contributed by atoms with Crippen LogP contribution >= 0.6 is 35.5 Å². The van der Waals surface area contributed by atoms with Crippen LogP contribution in [0.3, 0.4) is 0 Å². The summed E-state index contributed by atoms with van der Waals surface area (Å²) in [5.41, 5.74) is 4.74. The van der Waals surface area contributed by atoms with Gasteiger partial charge in [0.05, 0.1) is 60.5 Å². The van der Waals surface area contributed by atoms with Crippen LogP contribution in [-0.4, -0.2) is 174 Å². The number of carboxylic acid groups (broad SMARTS) is 1. The summed E-state index contributed by atoms with van der Waals surface area (Å²) in [6, 6.07) is 23.8. The number of thioether (sulfide) groups is 1. The smallest absolute Gasteiger partial charge is 0.327 e. The van der Waals surface area contributed by atoms with E-state index in [1.54, 1.807) is 0 Å². The van der Waals surface area contributed by atoms with E-state index >= 15 is 0 Å². The van der Waals surface area contributed by atoms with E-state index in [9.17, 15) is 56.3 Å². The Morgan fingerprint density at radius 1 is 0.798 bits per heavy atom. The maximum absolute atomic E-state index is 13.4. The number of quaternary nitrogens is 1. The highest BCUT2D eigenvalue weighted by Crippen LogP contribution is 2.51. The molecular formula is C69H89BrN5O16PS2. The van der Waals surface area contributed by atoms with Crippen molar-refractivity contribution in [1.29, 1.82) is 0 Å². The van der Waals surface area contributed by atoms with Crippen molar-refractivity contribution in [3.8, 4) is 0 Å². The van der Waals surface area contributed by atoms with Crippen molar-refractivity contribution in [2.45, 2.75) is 126 Å². The minimum atomic E-state index is -4.63. The number of carbonyl (C=O) groups is 6. The molecule has 3 heterocycles. The predicted molar refractivity (Wildman–Crippen MR) is 366 cm³/mol. The van der Waals surface area contributed by atoms with Crippen molar-refractivity contribution in [3.63, 3.8) is 0 Å². The first-order valence-corrected chi connectivity index (χ1v) is 36.5. The summed E-state index contributed by atoms with van der Waals surface area (Å²) in [5, 5.41) is 16.4. The van der Waals surface area contributed by atoms with Crippen LogP contribution in [0.1, 0.15) is 111 Å². The first kappa shape index (κ1) is 75.0. The minimum Gasteiger partial charge on any atom is -0.756 e. The molecule has 0 aliphatic carbocycles. The molecule has 1 saturated heterocycles. The number of likely N-dealkylation sites (N-methyl/N-ethyl adjacent to an activating group) is 1. The largest absolute Gasteiger partial charge is 0.756 e. The molecule has 21 nitrogen and oxygen atoms in total. The zero-order valence-corrected chi connectivity index (χ0v) is 59.5. The number of rotatable bonds is 35. The topological polar surface area (TPSA) is 278 Å². The molecule has 0 bridgehead atoms. The van der Waals surface area contributed by atoms with Gasteiger partial charge in [-0.2, -0.15) is 4.58 Å². The first-order chi connectivity index (χ1) is 44.0. The summed E-state index contributed by atoms with van der Waals surface area (Å²) in [5.74, 6) is -4.98. The fourth-order valence-corrected chi connectivity index (χ4v) is 15.5. The summed E-state index contributed by atoms with van der Waals surface area (Å²) >= 11 is 4.26. The molecule has 0 radical (unpaired) electrons. The predicted octanol–water partition coefficient (Wildman–Crippen LogP) is 9.90. The van der Waals surface area contributed by atoms with Crippen molar-refractivity contribution >= 4 is 120 Å². The number of ether oxygens (including phenoxy) is 2. The average Bonchev–Trinajstić information content (AvgIpc) is 1.58. The molecule has 3 aliphatic heterocycles. The highest BCUT2D eigenvalue weighted by atomic mass is 79.9. The number of amides is 3. The van der Waals surface area contributed by atoms with Crippen molar-refractivity contribution in [3.05, 3.63) is 132 Å². The molecule has 0 aromatic heterocycles. The van der Waals surface area contributed by atoms with E-state index in [0.717, 1.165) is 62.0 Å². The maximum atomic E-state index is 13.4. The SMILES string of the molecule is CC(C)(CC(C)(Br)C(=O)OCCOP(=O)([O-])OCC[N+](C)(C)C)C(=O)OCCN1C(=O)CC(SC[C@H](NC(=O)CCCCCN2/C(=C/C=C/C=C/C=C/C3=[N+](CCCCS(=O)(=O)[O-])c4ccc5ccccc5c4C3(C)C)C(C)(C)c3c2ccc2ccccc32)C(=O)O)C1=O. The molecule has 4 aromatic rings. The summed E-state index contributed by atoms with van der Waals surface area (Å²) in [4.78, 5) is 93.7. The number of likely N-dealkylation sites (tertiary alicyclic amines) is 1. The number of alkyl halides is 1. The number of phosphoric acid groups is 1. The Kier molecular flexibility index (Phi) is 25.3. The van der Waals surface area contributed by atoms with Crippen molar-refractivity contribution in [1.82, 2.24) is 10.2 Å². The third-order valence-electron chi connectivity index (χ3n) is 16.9. The summed E-state index contributed by atoms with van der Waals surface area (Å²) < 4.78 is 68.0. The molecular weight excluding hydrogens is 1330 g/mol. The molecule has 4 atom stereocenters. The van der Waals surface area contributed by atoms with Gasteiger partial charge >= 0.3 is 17.9 Å². The Morgan fingerprint density at radius 3 is 2.10 bits per heavy atom. The number of allylic oxidation sites excluding steroid dienone is 8. The number of carboxylic acids is 1. The molecule has 3 amide bonds. The third-order valence-corrected chi connectivity index (χ3v) is 20.6. The number of benzene rings is 4. The number of hydrogen-bond donors (Lipinski definition) is 2. The van der Waals surface area contributed by atoms with Gasteiger partial charge in [0.2, 0.25) is 23.4 Å². The number of phosphoric ester groups is 1. The Balaban J connectivity index is 0.882. The van der Waals surface area contributed by atoms with Gasteiger partial charge in [0, 0.05) is 71.8 Å². The number of anilines is 1. The molecule has 3 aliphatic rings. The first-order valence-electron chi connectivity index (χ1n) is 31.6. The normalized spacial score (nSPS) is 18.6. The van der Waals surface area contributed by atoms with Gasteiger partial charge in [-0.3, -0.25) is 33.4 Å². The van der Waals surface area contributed by atoms with Gasteiger partial charge < -0.3 is 47.8 Å². The van der Waals surface area contributed by atoms with E-state index in [0.29, 0.717) is 43.4 Å². The average molecular weight is 1420 g/mol. The van der Waals surface area contributed by atoms with Gasteiger partial charge in [0.15, 0.2) is 5.71 Å². The van der Waals surface area contributed by atoms with Crippen LogP contribution < -0.4 is 15.1 Å². The number of unbranched alkanes of at least 4 members (excludes halogenated alkanes) is 3. The van der Waals surface area contributed by atoms with Crippen LogP contribution in [0, 0.1) is 5.41 Å². The quantitative estimate of drug-likeness (QED) is 0.00499. The number of imide groups is 1. The number of nitrogens with zero attached hydrogens (tertiary/aromatic N) is 4. The summed E-state index contributed by atoms with van der Waals surface area (Å²) in [6.07, 6.45) is 16.7. The second-order valence-electron chi connectivity index (χ2n) is 26.8. The van der Waals surface area contributed by atoms with E-state index < -0.39 is 93.6 Å². The standard InChI is InChI=1S/C69H89BrN5O16PS2/c1-66(2,47-69(7,70)65(82)89-42-43-91-92(83,84)90-41-39-75(8,9)10)64(81)88-40-38-74-59(77)45-55(62(74)78)93-46-52(63(79)80)71-58(76)31-17-14-22-36-72-53-34-32-48-25-18-20-27-50(48)60(53)67(3,4)56(72)29-15-12-11-13-16-30-57-68(5,6)61-51-28-21-19-26-49(51)33-35-54(61)73(57)37-23-24-44-94(85,86)87/h11-13,15-16,18-21,25-30,32-35,52,55H,14,17,22-24,31,36-47H2,1-10H3,(H2-2,71,76,79,80,83,84,85,86,87)/t52-,55?,69?/m0/s1. The fourth-order valence-electron chi connectivity index (χ4n) is 12.3. The van der Waals surface area contributed by atoms with Crippen LogP contribution in [0.25, 0.3) is 21.5 Å². The molecule has 1 fully saturated rings. The van der Waals surface area contributed by atoms with E-state index in [1.807, 2.05) is 75.8 Å². The number of aliphatic carboxylic acids is 1. The lowest BCUT2D eigenvalue weighted by atomic mass is 9.79. The Bertz CT molecular complexity index is 3820. The highest BCUT2D eigenvalue weighted by Gasteiger charge is 2.47. The molecule has 94 heavy (non-hydrogen) atoms. The minimum absolute atomic E-state index is 0.0715. The molecule has 510 valence electrons. The molecule has 25 heteroatoms. The Morgan fingerprint density at radius 2 is 1.43 bits per heavy atom. The van der Waals surface area contributed by atoms with E-state index in [1.165, 1.54) is 37.3 Å². The van der Waals surface area contributed by atoms with Crippen LogP contribution in [0.4, 0.5) is 11.4 Å². The van der Waals surface area contributed by atoms with E-state index in [4.69, 9.17) is 18.5 Å². The van der Waals surface area contributed by atoms with Crippen molar-refractivity contribution < 1.29 is 83.9 Å². The van der Waals surface area contributed by atoms with E-state index in [2.05, 4.69) is 119 Å². The lowest BCUT2D eigenvalue weighted by Gasteiger charge is -2.30. The number of halogens is 1. The van der Waals surface area contributed by atoms with Gasteiger partial charge in [-0.1, -0.05) is 121 Å². The second kappa shape index (κ2) is 31.7. The summed E-state index contributed by atoms with van der Waals surface area (Å²) in [6.45, 7) is 13.4. The van der Waals surface area contributed by atoms with Gasteiger partial charge in [0.25, 0.3) is 7.82 Å². The van der Waals surface area contributed by atoms with Gasteiger partial charge in [-0.15, -0.1) is 11.8 Å². The van der Waals surface area contributed by atoms with Crippen LogP contribution in [0.2, 0.25) is 0 Å². The number of esters is 2. The Labute approximate surface area is 564 Å². The molecule has 2 N–H and O–H groups in total. The van der Waals surface area contributed by atoms with Crippen LogP contribution in [0.15, 0.2) is 121 Å². The monoisotopic (exact) mass is 1420 g/mol. The Hall–Kier alpha value is -6.34. The lowest BCUT2D eigenvalue weighted by Crippen LogP contribution is -2.43. The third kappa shape index (κ3) is 19.7. The van der Waals surface area contributed by atoms with Crippen molar-refractivity contribution in [2.75, 3.05) is 90.2 Å². The van der Waals surface area contributed by atoms with Crippen LogP contribution in [-0.2, 0) is 72.8 Å². The van der Waals surface area contributed by atoms with Gasteiger partial charge in [-0.05, 0) is 106 Å². The van der Waals surface area contributed by atoms with Gasteiger partial charge in [-0.25, -0.2) is 13.2 Å². The number of nitrogens with one attached hydrogen (secondary N) is 1. The highest BCUT2D eigenvalue weighted by molar-refractivity contribution is 9.10. The maximum Gasteiger partial charge on any atom is 0.327 e. The molecule has 3 unspecified atom stereocenters. The molecule has 0 spiro atoms. The number of fused-ring (bicyclic) bond motifs is 6. The zero-order valence-electron chi connectivity index (χ0n) is 55.4. The lowest BCUT2D eigenvalue weighted by molar-refractivity contribution is -0.870. The zero-order chi connectivity index (χ0) is 69.0. The second-order valence-corrected chi connectivity index (χ2v) is 32.7. The van der Waals surface area contributed by atoms with Gasteiger partial charge in [0.1, 0.15) is 43.3 Å². The molecule has 7 rings (SSSR count). The van der Waals surface area contributed by atoms with E-state index in [-0.39, 0.29) is 62.0 Å². The fraction of sp³-hybridized carbons (Fsp3) is 0.493. The molecule has 4 aromatic carbocycles. The number of carbonyl (C=O) groups excluding carboxylic acids is 5. The van der Waals surface area contributed by atoms with Crippen molar-refractivity contribution in [2.24, 2.45) is 5.41 Å². The number of hydrogen-bond acceptors (Lipinski definition) is 17. The molecule has 0 saturated carbocycles.